The third-order valence-corrected chi connectivity index (χ3v) is 2.28. The number of nitrogens with zero attached hydrogens (tertiary/aromatic N) is 2. The molecular weight excluding hydrogens is 198 g/mol. The first-order valence-electron chi connectivity index (χ1n) is 5.72. The second kappa shape index (κ2) is 5.30. The van der Waals surface area contributed by atoms with Gasteiger partial charge in [-0.25, -0.2) is 0 Å². The van der Waals surface area contributed by atoms with E-state index in [9.17, 15) is 0 Å². The Hall–Kier alpha value is -1.09. The zero-order valence-corrected chi connectivity index (χ0v) is 11.0. The van der Waals surface area contributed by atoms with E-state index in [1.807, 2.05) is 19.3 Å². The Bertz CT molecular complexity index is 328. The van der Waals surface area contributed by atoms with Crippen molar-refractivity contribution in [1.29, 1.82) is 0 Å². The second-order valence-electron chi connectivity index (χ2n) is 5.52. The lowest BCUT2D eigenvalue weighted by Crippen LogP contribution is -2.29. The van der Waals surface area contributed by atoms with E-state index in [1.54, 1.807) is 0 Å². The van der Waals surface area contributed by atoms with E-state index >= 15 is 0 Å². The van der Waals surface area contributed by atoms with Crippen LogP contribution in [0, 0.1) is 5.41 Å². The van der Waals surface area contributed by atoms with Crippen LogP contribution in [0.1, 0.15) is 26.5 Å². The Kier molecular flexibility index (Phi) is 4.30. The van der Waals surface area contributed by atoms with Crippen LogP contribution >= 0.6 is 0 Å². The lowest BCUT2D eigenvalue weighted by Gasteiger charge is -2.26. The van der Waals surface area contributed by atoms with Gasteiger partial charge in [0.2, 0.25) is 0 Å². The van der Waals surface area contributed by atoms with Crippen LogP contribution in [0.3, 0.4) is 0 Å². The Morgan fingerprint density at radius 3 is 2.62 bits per heavy atom. The molecule has 0 aromatic carbocycles. The monoisotopic (exact) mass is 221 g/mol. The molecule has 0 unspecified atom stereocenters. The van der Waals surface area contributed by atoms with Gasteiger partial charge in [-0.15, -0.1) is 0 Å². The zero-order chi connectivity index (χ0) is 12.2. The van der Waals surface area contributed by atoms with Gasteiger partial charge in [0.25, 0.3) is 0 Å². The maximum atomic E-state index is 4.38. The summed E-state index contributed by atoms with van der Waals surface area (Å²) in [7, 11) is 4.07. The molecule has 0 amide bonds. The molecule has 1 rings (SSSR count). The lowest BCUT2D eigenvalue weighted by atomic mass is 9.96. The van der Waals surface area contributed by atoms with Crippen LogP contribution < -0.4 is 5.32 Å². The predicted octanol–water partition coefficient (Wildman–Crippen LogP) is 2.60. The Morgan fingerprint density at radius 2 is 2.06 bits per heavy atom. The molecule has 0 aliphatic rings. The minimum absolute atomic E-state index is 0.329. The SMILES string of the molecule is CNc1ccnc(CN(C)CC(C)(C)C)c1. The molecule has 0 atom stereocenters. The van der Waals surface area contributed by atoms with E-state index in [0.29, 0.717) is 5.41 Å². The highest BCUT2D eigenvalue weighted by Crippen LogP contribution is 2.16. The molecule has 1 heterocycles. The third-order valence-electron chi connectivity index (χ3n) is 2.28. The highest BCUT2D eigenvalue weighted by Gasteiger charge is 2.13. The average Bonchev–Trinajstić information content (AvgIpc) is 2.15. The Balaban J connectivity index is 2.59. The molecule has 0 aliphatic carbocycles. The largest absolute Gasteiger partial charge is 0.388 e. The summed E-state index contributed by atoms with van der Waals surface area (Å²) in [5, 5.41) is 3.13. The molecule has 16 heavy (non-hydrogen) atoms. The van der Waals surface area contributed by atoms with Crippen LogP contribution in [0.15, 0.2) is 18.3 Å². The van der Waals surface area contributed by atoms with Crippen LogP contribution in [-0.2, 0) is 6.54 Å². The van der Waals surface area contributed by atoms with Gasteiger partial charge in [0.1, 0.15) is 0 Å². The molecule has 3 heteroatoms. The maximum absolute atomic E-state index is 4.38. The van der Waals surface area contributed by atoms with E-state index < -0.39 is 0 Å². The van der Waals surface area contributed by atoms with Crippen LogP contribution in [0.2, 0.25) is 0 Å². The molecule has 0 saturated heterocycles. The minimum atomic E-state index is 0.329. The van der Waals surface area contributed by atoms with Crippen molar-refractivity contribution in [3.63, 3.8) is 0 Å². The number of hydrogen-bond acceptors (Lipinski definition) is 3. The number of hydrogen-bond donors (Lipinski definition) is 1. The molecule has 90 valence electrons. The van der Waals surface area contributed by atoms with Gasteiger partial charge in [0.05, 0.1) is 5.69 Å². The first kappa shape index (κ1) is 13.0. The van der Waals surface area contributed by atoms with Crippen molar-refractivity contribution in [1.82, 2.24) is 9.88 Å². The normalized spacial score (nSPS) is 11.9. The van der Waals surface area contributed by atoms with Crippen LogP contribution in [0.5, 0.6) is 0 Å². The zero-order valence-electron chi connectivity index (χ0n) is 11.0. The molecular formula is C13H23N3. The number of nitrogens with one attached hydrogen (secondary N) is 1. The molecule has 1 aromatic heterocycles. The van der Waals surface area contributed by atoms with Crippen molar-refractivity contribution < 1.29 is 0 Å². The Morgan fingerprint density at radius 1 is 1.38 bits per heavy atom. The van der Waals surface area contributed by atoms with Gasteiger partial charge in [-0.1, -0.05) is 20.8 Å². The molecule has 0 bridgehead atoms. The average molecular weight is 221 g/mol. The van der Waals surface area contributed by atoms with Crippen molar-refractivity contribution in [2.45, 2.75) is 27.3 Å². The quantitative estimate of drug-likeness (QED) is 0.847. The Labute approximate surface area is 98.9 Å². The highest BCUT2D eigenvalue weighted by molar-refractivity contribution is 5.42. The molecule has 0 radical (unpaired) electrons. The van der Waals surface area contributed by atoms with E-state index in [-0.39, 0.29) is 0 Å². The third kappa shape index (κ3) is 4.62. The van der Waals surface area contributed by atoms with Gasteiger partial charge < -0.3 is 10.2 Å². The second-order valence-corrected chi connectivity index (χ2v) is 5.52. The fourth-order valence-electron chi connectivity index (χ4n) is 1.86. The standard InChI is InChI=1S/C13H23N3/c1-13(2,3)10-16(5)9-12-8-11(14-4)6-7-15-12/h6-8H,9-10H2,1-5H3,(H,14,15). The number of rotatable bonds is 4. The van der Waals surface area contributed by atoms with Gasteiger partial charge in [0.15, 0.2) is 0 Å². The first-order chi connectivity index (χ1) is 7.40. The van der Waals surface area contributed by atoms with Crippen molar-refractivity contribution in [2.24, 2.45) is 5.41 Å². The summed E-state index contributed by atoms with van der Waals surface area (Å²) >= 11 is 0. The molecule has 1 aromatic rings. The van der Waals surface area contributed by atoms with Crippen LogP contribution in [0.25, 0.3) is 0 Å². The van der Waals surface area contributed by atoms with E-state index in [2.05, 4.69) is 49.1 Å². The summed E-state index contributed by atoms with van der Waals surface area (Å²) in [5.74, 6) is 0. The molecule has 0 saturated carbocycles. The summed E-state index contributed by atoms with van der Waals surface area (Å²) in [6.45, 7) is 8.72. The van der Waals surface area contributed by atoms with Crippen molar-refractivity contribution >= 4 is 5.69 Å². The van der Waals surface area contributed by atoms with Crippen LogP contribution in [0.4, 0.5) is 5.69 Å². The van der Waals surface area contributed by atoms with Crippen molar-refractivity contribution in [3.05, 3.63) is 24.0 Å². The molecule has 0 aliphatic heterocycles. The summed E-state index contributed by atoms with van der Waals surface area (Å²) in [5.41, 5.74) is 2.56. The van der Waals surface area contributed by atoms with Gasteiger partial charge in [-0.05, 0) is 24.6 Å². The van der Waals surface area contributed by atoms with Gasteiger partial charge in [0, 0.05) is 32.0 Å². The van der Waals surface area contributed by atoms with Crippen molar-refractivity contribution in [3.8, 4) is 0 Å². The minimum Gasteiger partial charge on any atom is -0.388 e. The highest BCUT2D eigenvalue weighted by atomic mass is 15.1. The van der Waals surface area contributed by atoms with Gasteiger partial charge >= 0.3 is 0 Å². The summed E-state index contributed by atoms with van der Waals surface area (Å²) < 4.78 is 0. The number of pyridine rings is 1. The first-order valence-corrected chi connectivity index (χ1v) is 5.72. The topological polar surface area (TPSA) is 28.2 Å². The number of anilines is 1. The van der Waals surface area contributed by atoms with E-state index in [1.165, 1.54) is 0 Å². The summed E-state index contributed by atoms with van der Waals surface area (Å²) in [6, 6.07) is 4.08. The number of aromatic nitrogens is 1. The van der Waals surface area contributed by atoms with Crippen molar-refractivity contribution in [2.75, 3.05) is 26.0 Å². The van der Waals surface area contributed by atoms with E-state index in [0.717, 1.165) is 24.5 Å². The fourth-order valence-corrected chi connectivity index (χ4v) is 1.86. The summed E-state index contributed by atoms with van der Waals surface area (Å²) in [6.07, 6.45) is 1.85. The van der Waals surface area contributed by atoms with Crippen LogP contribution in [-0.4, -0.2) is 30.5 Å². The fraction of sp³-hybridized carbons (Fsp3) is 0.615. The molecule has 0 spiro atoms. The molecule has 1 N–H and O–H groups in total. The van der Waals surface area contributed by atoms with Gasteiger partial charge in [-0.2, -0.15) is 0 Å². The summed E-state index contributed by atoms with van der Waals surface area (Å²) in [4.78, 5) is 6.68. The maximum Gasteiger partial charge on any atom is 0.0564 e. The van der Waals surface area contributed by atoms with Gasteiger partial charge in [-0.3, -0.25) is 4.98 Å². The predicted molar refractivity (Wildman–Crippen MR) is 69.6 cm³/mol. The lowest BCUT2D eigenvalue weighted by molar-refractivity contribution is 0.219. The smallest absolute Gasteiger partial charge is 0.0564 e. The molecule has 0 fully saturated rings. The van der Waals surface area contributed by atoms with E-state index in [4.69, 9.17) is 0 Å². The molecule has 3 nitrogen and oxygen atoms in total.